The lowest BCUT2D eigenvalue weighted by atomic mass is 10.2. The summed E-state index contributed by atoms with van der Waals surface area (Å²) < 4.78 is 0. The molecule has 0 saturated carbocycles. The molecule has 4 nitrogen and oxygen atoms in total. The first-order valence-corrected chi connectivity index (χ1v) is 5.48. The Kier molecular flexibility index (Phi) is 4.26. The third-order valence-corrected chi connectivity index (χ3v) is 3.19. The second kappa shape index (κ2) is 5.25. The minimum Gasteiger partial charge on any atom is -0.477 e. The van der Waals surface area contributed by atoms with Crippen molar-refractivity contribution in [2.75, 3.05) is 20.6 Å². The van der Waals surface area contributed by atoms with Gasteiger partial charge in [0.1, 0.15) is 4.88 Å². The van der Waals surface area contributed by atoms with Gasteiger partial charge >= 0.3 is 5.97 Å². The molecule has 2 N–H and O–H groups in total. The highest BCUT2D eigenvalue weighted by Gasteiger charge is 2.13. The van der Waals surface area contributed by atoms with E-state index in [2.05, 4.69) is 0 Å². The second-order valence-electron chi connectivity index (χ2n) is 3.61. The number of hydrogen-bond donors (Lipinski definition) is 2. The summed E-state index contributed by atoms with van der Waals surface area (Å²) in [7, 11) is 3.87. The molecule has 0 fully saturated rings. The Morgan fingerprint density at radius 1 is 1.53 bits per heavy atom. The van der Waals surface area contributed by atoms with E-state index in [0.717, 1.165) is 17.9 Å². The first-order chi connectivity index (χ1) is 7.00. The number of carboxylic acids is 1. The fourth-order valence-corrected chi connectivity index (χ4v) is 2.04. The van der Waals surface area contributed by atoms with Crippen LogP contribution in [0.1, 0.15) is 27.1 Å². The molecule has 1 rings (SSSR count). The lowest BCUT2D eigenvalue weighted by Gasteiger charge is -2.12. The average molecular weight is 229 g/mol. The zero-order valence-electron chi connectivity index (χ0n) is 8.80. The molecule has 0 aliphatic heterocycles. The zero-order valence-corrected chi connectivity index (χ0v) is 9.62. The SMILES string of the molecule is CN(C)CCC(O)c1ccc(C(=O)O)s1. The first-order valence-electron chi connectivity index (χ1n) is 4.66. The average Bonchev–Trinajstić information content (AvgIpc) is 2.62. The summed E-state index contributed by atoms with van der Waals surface area (Å²) in [5.74, 6) is -0.939. The maximum absolute atomic E-state index is 10.6. The highest BCUT2D eigenvalue weighted by atomic mass is 32.1. The van der Waals surface area contributed by atoms with Gasteiger partial charge in [-0.1, -0.05) is 0 Å². The molecule has 5 heteroatoms. The second-order valence-corrected chi connectivity index (χ2v) is 4.73. The number of hydrogen-bond acceptors (Lipinski definition) is 4. The van der Waals surface area contributed by atoms with Gasteiger partial charge in [0.05, 0.1) is 6.10 Å². The van der Waals surface area contributed by atoms with Crippen molar-refractivity contribution in [1.82, 2.24) is 4.90 Å². The van der Waals surface area contributed by atoms with Crippen LogP contribution in [0.4, 0.5) is 0 Å². The standard InChI is InChI=1S/C10H15NO3S/c1-11(2)6-5-7(12)8-3-4-9(15-8)10(13)14/h3-4,7,12H,5-6H2,1-2H3,(H,13,14). The van der Waals surface area contributed by atoms with Gasteiger partial charge in [-0.25, -0.2) is 4.79 Å². The fraction of sp³-hybridized carbons (Fsp3) is 0.500. The quantitative estimate of drug-likeness (QED) is 0.802. The summed E-state index contributed by atoms with van der Waals surface area (Å²) in [6.07, 6.45) is 0.0533. The maximum atomic E-state index is 10.6. The Morgan fingerprint density at radius 2 is 2.20 bits per heavy atom. The van der Waals surface area contributed by atoms with Gasteiger partial charge in [0.25, 0.3) is 0 Å². The summed E-state index contributed by atoms with van der Waals surface area (Å²) in [5.41, 5.74) is 0. The minimum atomic E-state index is -0.939. The molecule has 84 valence electrons. The van der Waals surface area contributed by atoms with Gasteiger partial charge in [-0.2, -0.15) is 0 Å². The van der Waals surface area contributed by atoms with Crippen LogP contribution in [0.25, 0.3) is 0 Å². The molecule has 0 bridgehead atoms. The predicted octanol–water partition coefficient (Wildman–Crippen LogP) is 1.43. The Bertz CT molecular complexity index is 335. The zero-order chi connectivity index (χ0) is 11.4. The van der Waals surface area contributed by atoms with E-state index in [9.17, 15) is 9.90 Å². The molecule has 1 atom stereocenters. The fourth-order valence-electron chi connectivity index (χ4n) is 1.17. The summed E-state index contributed by atoms with van der Waals surface area (Å²) >= 11 is 1.13. The maximum Gasteiger partial charge on any atom is 0.345 e. The molecule has 1 unspecified atom stereocenters. The van der Waals surface area contributed by atoms with Crippen molar-refractivity contribution in [3.8, 4) is 0 Å². The molecule has 0 radical (unpaired) electrons. The van der Waals surface area contributed by atoms with E-state index in [1.54, 1.807) is 6.07 Å². The van der Waals surface area contributed by atoms with E-state index < -0.39 is 12.1 Å². The number of carbonyl (C=O) groups is 1. The lowest BCUT2D eigenvalue weighted by Crippen LogP contribution is -2.15. The van der Waals surface area contributed by atoms with E-state index in [1.165, 1.54) is 6.07 Å². The molecule has 0 saturated heterocycles. The smallest absolute Gasteiger partial charge is 0.345 e. The molecule has 0 aliphatic rings. The van der Waals surface area contributed by atoms with Crippen LogP contribution in [0.15, 0.2) is 12.1 Å². The third kappa shape index (κ3) is 3.62. The third-order valence-electron chi connectivity index (χ3n) is 2.02. The van der Waals surface area contributed by atoms with E-state index in [-0.39, 0.29) is 4.88 Å². The van der Waals surface area contributed by atoms with Gasteiger partial charge in [-0.3, -0.25) is 0 Å². The van der Waals surface area contributed by atoms with Crippen molar-refractivity contribution >= 4 is 17.3 Å². The minimum absolute atomic E-state index is 0.272. The number of aliphatic hydroxyl groups excluding tert-OH is 1. The largest absolute Gasteiger partial charge is 0.477 e. The summed E-state index contributed by atoms with van der Waals surface area (Å²) in [4.78, 5) is 13.6. The van der Waals surface area contributed by atoms with Crippen LogP contribution in [-0.4, -0.2) is 41.7 Å². The van der Waals surface area contributed by atoms with Gasteiger partial charge in [0.2, 0.25) is 0 Å². The van der Waals surface area contributed by atoms with Crippen molar-refractivity contribution in [3.63, 3.8) is 0 Å². The van der Waals surface area contributed by atoms with Crippen LogP contribution >= 0.6 is 11.3 Å². The molecular weight excluding hydrogens is 214 g/mol. The predicted molar refractivity (Wildman–Crippen MR) is 59.4 cm³/mol. The monoisotopic (exact) mass is 229 g/mol. The van der Waals surface area contributed by atoms with E-state index >= 15 is 0 Å². The molecular formula is C10H15NO3S. The number of carboxylic acid groups (broad SMARTS) is 1. The van der Waals surface area contributed by atoms with Crippen LogP contribution < -0.4 is 0 Å². The normalized spacial score (nSPS) is 13.1. The molecule has 0 aliphatic carbocycles. The molecule has 1 aromatic rings. The van der Waals surface area contributed by atoms with E-state index in [4.69, 9.17) is 5.11 Å². The van der Waals surface area contributed by atoms with Gasteiger partial charge in [0.15, 0.2) is 0 Å². The van der Waals surface area contributed by atoms with Crippen LogP contribution in [0.3, 0.4) is 0 Å². The van der Waals surface area contributed by atoms with Crippen LogP contribution in [0, 0.1) is 0 Å². The Balaban J connectivity index is 2.58. The van der Waals surface area contributed by atoms with Crippen LogP contribution in [0.5, 0.6) is 0 Å². The van der Waals surface area contributed by atoms with E-state index in [0.29, 0.717) is 11.3 Å². The van der Waals surface area contributed by atoms with Crippen LogP contribution in [-0.2, 0) is 0 Å². The molecule has 1 heterocycles. The summed E-state index contributed by atoms with van der Waals surface area (Å²) in [6, 6.07) is 3.20. The number of rotatable bonds is 5. The molecule has 0 amide bonds. The Labute approximate surface area is 92.8 Å². The molecule has 1 aromatic heterocycles. The summed E-state index contributed by atoms with van der Waals surface area (Å²) in [5, 5.41) is 18.5. The number of nitrogens with zero attached hydrogens (tertiary/aromatic N) is 1. The van der Waals surface area contributed by atoms with Gasteiger partial charge in [-0.15, -0.1) is 11.3 Å². The topological polar surface area (TPSA) is 60.8 Å². The Hall–Kier alpha value is -0.910. The van der Waals surface area contributed by atoms with Gasteiger partial charge in [-0.05, 0) is 32.6 Å². The summed E-state index contributed by atoms with van der Waals surface area (Å²) in [6.45, 7) is 0.779. The van der Waals surface area contributed by atoms with Crippen molar-refractivity contribution in [3.05, 3.63) is 21.9 Å². The number of aromatic carboxylic acids is 1. The van der Waals surface area contributed by atoms with Crippen LogP contribution in [0.2, 0.25) is 0 Å². The first kappa shape index (κ1) is 12.2. The lowest BCUT2D eigenvalue weighted by molar-refractivity contribution is 0.0702. The number of thiophene rings is 1. The highest BCUT2D eigenvalue weighted by molar-refractivity contribution is 7.14. The van der Waals surface area contributed by atoms with Crippen molar-refractivity contribution in [2.24, 2.45) is 0 Å². The molecule has 15 heavy (non-hydrogen) atoms. The van der Waals surface area contributed by atoms with Gasteiger partial charge < -0.3 is 15.1 Å². The van der Waals surface area contributed by atoms with Gasteiger partial charge in [0, 0.05) is 11.4 Å². The van der Waals surface area contributed by atoms with E-state index in [1.807, 2.05) is 19.0 Å². The van der Waals surface area contributed by atoms with Crippen molar-refractivity contribution in [2.45, 2.75) is 12.5 Å². The number of aliphatic hydroxyl groups is 1. The molecule has 0 spiro atoms. The van der Waals surface area contributed by atoms with Crippen molar-refractivity contribution < 1.29 is 15.0 Å². The Morgan fingerprint density at radius 3 is 2.67 bits per heavy atom. The van der Waals surface area contributed by atoms with Crippen molar-refractivity contribution in [1.29, 1.82) is 0 Å². The molecule has 0 aromatic carbocycles. The highest BCUT2D eigenvalue weighted by Crippen LogP contribution is 2.25.